The van der Waals surface area contributed by atoms with Gasteiger partial charge >= 0.3 is 0 Å². The summed E-state index contributed by atoms with van der Waals surface area (Å²) >= 11 is 0. The second-order valence-electron chi connectivity index (χ2n) is 5.94. The maximum atomic E-state index is 5.44. The van der Waals surface area contributed by atoms with Crippen LogP contribution >= 0.6 is 0 Å². The fraction of sp³-hybridized carbons (Fsp3) is 0.278. The summed E-state index contributed by atoms with van der Waals surface area (Å²) in [4.78, 5) is 11.0. The molecular weight excluding hydrogens is 288 g/mol. The highest BCUT2D eigenvalue weighted by Gasteiger charge is 2.35. The molecule has 0 amide bonds. The van der Waals surface area contributed by atoms with Crippen LogP contribution in [0.25, 0.3) is 11.4 Å². The van der Waals surface area contributed by atoms with E-state index in [0.29, 0.717) is 17.8 Å². The van der Waals surface area contributed by atoms with Crippen molar-refractivity contribution in [3.8, 4) is 11.4 Å². The number of aromatic nitrogens is 3. The number of benzene rings is 1. The molecule has 116 valence electrons. The highest BCUT2D eigenvalue weighted by Crippen LogP contribution is 2.33. The van der Waals surface area contributed by atoms with Gasteiger partial charge in [0.1, 0.15) is 0 Å². The summed E-state index contributed by atoms with van der Waals surface area (Å²) in [5, 5.41) is 4.07. The van der Waals surface area contributed by atoms with Gasteiger partial charge in [0, 0.05) is 37.1 Å². The second-order valence-corrected chi connectivity index (χ2v) is 5.94. The van der Waals surface area contributed by atoms with Gasteiger partial charge in [0.15, 0.2) is 0 Å². The van der Waals surface area contributed by atoms with Crippen molar-refractivity contribution in [2.45, 2.75) is 18.9 Å². The Hall–Kier alpha value is -2.53. The molecule has 1 aromatic carbocycles. The number of likely N-dealkylation sites (tertiary alicyclic amines) is 1. The first-order valence-electron chi connectivity index (χ1n) is 7.84. The lowest BCUT2D eigenvalue weighted by atomic mass is 9.95. The van der Waals surface area contributed by atoms with Gasteiger partial charge in [-0.3, -0.25) is 9.88 Å². The highest BCUT2D eigenvalue weighted by molar-refractivity contribution is 5.51. The van der Waals surface area contributed by atoms with Crippen LogP contribution in [0.1, 0.15) is 30.3 Å². The molecule has 5 nitrogen and oxygen atoms in total. The topological polar surface area (TPSA) is 55.1 Å². The molecule has 0 saturated carbocycles. The number of hydrogen-bond acceptors (Lipinski definition) is 5. The van der Waals surface area contributed by atoms with Gasteiger partial charge in [0.2, 0.25) is 11.7 Å². The fourth-order valence-corrected chi connectivity index (χ4v) is 2.94. The largest absolute Gasteiger partial charge is 0.339 e. The molecule has 1 atom stereocenters. The molecule has 0 aliphatic carbocycles. The lowest BCUT2D eigenvalue weighted by Gasteiger charge is -2.41. The Morgan fingerprint density at radius 2 is 1.96 bits per heavy atom. The van der Waals surface area contributed by atoms with Crippen LogP contribution in [-0.4, -0.2) is 33.1 Å². The minimum absolute atomic E-state index is 0.319. The van der Waals surface area contributed by atoms with Crippen LogP contribution in [0.4, 0.5) is 0 Å². The standard InChI is InChI=1S/C18H18N4O/c1-13(14-6-3-2-4-7-14)22-11-16(12-22)18-20-17(21-23-18)15-8-5-9-19-10-15/h2-10,13,16H,11-12H2,1H3. The monoisotopic (exact) mass is 306 g/mol. The third-order valence-electron chi connectivity index (χ3n) is 4.45. The molecule has 1 aliphatic heterocycles. The first kappa shape index (κ1) is 14.1. The average Bonchev–Trinajstić information content (AvgIpc) is 3.05. The molecule has 4 rings (SSSR count). The predicted molar refractivity (Wildman–Crippen MR) is 86.7 cm³/mol. The number of nitrogens with zero attached hydrogens (tertiary/aromatic N) is 4. The molecule has 5 heteroatoms. The number of pyridine rings is 1. The molecule has 2 aromatic heterocycles. The summed E-state index contributed by atoms with van der Waals surface area (Å²) in [6.45, 7) is 4.13. The third-order valence-corrected chi connectivity index (χ3v) is 4.45. The zero-order valence-corrected chi connectivity index (χ0v) is 13.0. The van der Waals surface area contributed by atoms with E-state index in [1.165, 1.54) is 5.56 Å². The van der Waals surface area contributed by atoms with Gasteiger partial charge in [-0.05, 0) is 24.6 Å². The first-order chi connectivity index (χ1) is 11.3. The van der Waals surface area contributed by atoms with E-state index in [1.807, 2.05) is 18.2 Å². The maximum absolute atomic E-state index is 5.44. The maximum Gasteiger partial charge on any atom is 0.232 e. The first-order valence-corrected chi connectivity index (χ1v) is 7.84. The van der Waals surface area contributed by atoms with Crippen LogP contribution in [0.15, 0.2) is 59.4 Å². The quantitative estimate of drug-likeness (QED) is 0.740. The van der Waals surface area contributed by atoms with E-state index < -0.39 is 0 Å². The fourth-order valence-electron chi connectivity index (χ4n) is 2.94. The van der Waals surface area contributed by atoms with Crippen LogP contribution in [0, 0.1) is 0 Å². The average molecular weight is 306 g/mol. The molecule has 0 spiro atoms. The summed E-state index contributed by atoms with van der Waals surface area (Å²) in [5.41, 5.74) is 2.23. The van der Waals surface area contributed by atoms with Crippen LogP contribution in [0.2, 0.25) is 0 Å². The van der Waals surface area contributed by atoms with E-state index in [9.17, 15) is 0 Å². The Labute approximate surface area is 135 Å². The molecule has 1 saturated heterocycles. The second kappa shape index (κ2) is 5.93. The normalized spacial score (nSPS) is 16.9. The molecule has 23 heavy (non-hydrogen) atoms. The van der Waals surface area contributed by atoms with Crippen molar-refractivity contribution in [3.63, 3.8) is 0 Å². The Morgan fingerprint density at radius 3 is 2.70 bits per heavy atom. The smallest absolute Gasteiger partial charge is 0.232 e. The van der Waals surface area contributed by atoms with Crippen molar-refractivity contribution < 1.29 is 4.52 Å². The van der Waals surface area contributed by atoms with Crippen molar-refractivity contribution >= 4 is 0 Å². The van der Waals surface area contributed by atoms with Gasteiger partial charge in [-0.15, -0.1) is 0 Å². The Balaban J connectivity index is 1.42. The van der Waals surface area contributed by atoms with E-state index in [0.717, 1.165) is 24.5 Å². The van der Waals surface area contributed by atoms with E-state index in [2.05, 4.69) is 51.2 Å². The minimum atomic E-state index is 0.319. The number of hydrogen-bond donors (Lipinski definition) is 0. The van der Waals surface area contributed by atoms with Gasteiger partial charge in [-0.1, -0.05) is 35.5 Å². The van der Waals surface area contributed by atoms with Crippen molar-refractivity contribution in [2.24, 2.45) is 0 Å². The van der Waals surface area contributed by atoms with E-state index in [-0.39, 0.29) is 0 Å². The van der Waals surface area contributed by atoms with Crippen molar-refractivity contribution in [1.29, 1.82) is 0 Å². The van der Waals surface area contributed by atoms with Gasteiger partial charge < -0.3 is 4.52 Å². The van der Waals surface area contributed by atoms with Gasteiger partial charge in [-0.25, -0.2) is 0 Å². The predicted octanol–water partition coefficient (Wildman–Crippen LogP) is 3.29. The zero-order chi connectivity index (χ0) is 15.6. The minimum Gasteiger partial charge on any atom is -0.339 e. The lowest BCUT2D eigenvalue weighted by molar-refractivity contribution is 0.0835. The van der Waals surface area contributed by atoms with Gasteiger partial charge in [0.25, 0.3) is 0 Å². The summed E-state index contributed by atoms with van der Waals surface area (Å²) in [6, 6.07) is 14.8. The zero-order valence-electron chi connectivity index (χ0n) is 13.0. The lowest BCUT2D eigenvalue weighted by Crippen LogP contribution is -2.46. The summed E-state index contributed by atoms with van der Waals surface area (Å²) in [7, 11) is 0. The summed E-state index contributed by atoms with van der Waals surface area (Å²) in [5.74, 6) is 1.65. The van der Waals surface area contributed by atoms with E-state index >= 15 is 0 Å². The summed E-state index contributed by atoms with van der Waals surface area (Å²) < 4.78 is 5.44. The Kier molecular flexibility index (Phi) is 3.63. The summed E-state index contributed by atoms with van der Waals surface area (Å²) in [6.07, 6.45) is 3.48. The molecule has 1 fully saturated rings. The SMILES string of the molecule is CC(c1ccccc1)N1CC(c2nc(-c3cccnc3)no2)C1. The highest BCUT2D eigenvalue weighted by atomic mass is 16.5. The van der Waals surface area contributed by atoms with E-state index in [1.54, 1.807) is 12.4 Å². The Morgan fingerprint density at radius 1 is 1.13 bits per heavy atom. The van der Waals surface area contributed by atoms with Crippen LogP contribution in [0.5, 0.6) is 0 Å². The molecule has 0 bridgehead atoms. The van der Waals surface area contributed by atoms with Crippen molar-refractivity contribution in [1.82, 2.24) is 20.0 Å². The van der Waals surface area contributed by atoms with Crippen molar-refractivity contribution in [3.05, 3.63) is 66.3 Å². The molecule has 0 N–H and O–H groups in total. The van der Waals surface area contributed by atoms with Crippen molar-refractivity contribution in [2.75, 3.05) is 13.1 Å². The molecule has 0 radical (unpaired) electrons. The molecule has 1 aliphatic rings. The molecular formula is C18H18N4O. The molecule has 3 aromatic rings. The third kappa shape index (κ3) is 2.75. The molecule has 3 heterocycles. The van der Waals surface area contributed by atoms with Gasteiger partial charge in [-0.2, -0.15) is 4.98 Å². The van der Waals surface area contributed by atoms with Crippen LogP contribution in [-0.2, 0) is 0 Å². The van der Waals surface area contributed by atoms with Crippen LogP contribution < -0.4 is 0 Å². The van der Waals surface area contributed by atoms with Gasteiger partial charge in [0.05, 0.1) is 5.92 Å². The van der Waals surface area contributed by atoms with E-state index in [4.69, 9.17) is 4.52 Å². The molecule has 1 unspecified atom stereocenters. The Bertz CT molecular complexity index is 766. The van der Waals surface area contributed by atoms with Crippen LogP contribution in [0.3, 0.4) is 0 Å². The number of rotatable bonds is 4.